The minimum absolute atomic E-state index is 0.123. The van der Waals surface area contributed by atoms with E-state index in [0.717, 1.165) is 5.56 Å². The number of thiocarbonyl (C=S) groups is 1. The van der Waals surface area contributed by atoms with E-state index in [0.29, 0.717) is 18.7 Å². The first-order valence-electron chi connectivity index (χ1n) is 8.05. The van der Waals surface area contributed by atoms with Crippen molar-refractivity contribution < 1.29 is 19.1 Å². The van der Waals surface area contributed by atoms with Crippen molar-refractivity contribution in [1.82, 2.24) is 15.5 Å². The summed E-state index contributed by atoms with van der Waals surface area (Å²) in [5.74, 6) is -1.14. The van der Waals surface area contributed by atoms with Gasteiger partial charge in [0, 0.05) is 18.7 Å². The van der Waals surface area contributed by atoms with Crippen LogP contribution in [0.25, 0.3) is 0 Å². The summed E-state index contributed by atoms with van der Waals surface area (Å²) in [6.45, 7) is 4.56. The van der Waals surface area contributed by atoms with Crippen molar-refractivity contribution in [3.8, 4) is 0 Å². The van der Waals surface area contributed by atoms with E-state index < -0.39 is 12.0 Å². The Hall–Kier alpha value is -2.48. The smallest absolute Gasteiger partial charge is 0.308 e. The molecule has 1 atom stereocenters. The third kappa shape index (κ3) is 4.76. The number of esters is 1. The molecule has 0 bridgehead atoms. The fourth-order valence-electron chi connectivity index (χ4n) is 2.60. The van der Waals surface area contributed by atoms with Crippen molar-refractivity contribution >= 4 is 35.1 Å². The molecule has 1 aromatic carbocycles. The van der Waals surface area contributed by atoms with Crippen LogP contribution >= 0.6 is 12.2 Å². The zero-order valence-electron chi connectivity index (χ0n) is 14.2. The number of ether oxygens (including phenoxy) is 1. The first-order chi connectivity index (χ1) is 11.9. The number of amides is 2. The van der Waals surface area contributed by atoms with E-state index in [-0.39, 0.29) is 30.0 Å². The Kier molecular flexibility index (Phi) is 6.46. The van der Waals surface area contributed by atoms with Gasteiger partial charge in [0.05, 0.1) is 13.0 Å². The standard InChI is InChI=1S/C17H21N3O4S/c1-3-24-14(21)10-13-16(23)18-8-9-20(13)17(25)19-15(22)12-7-5-4-6-11(12)2/h4-7,13H,3,8-10H2,1-2H3,(H,18,23)(H,19,22,25). The topological polar surface area (TPSA) is 87.7 Å². The summed E-state index contributed by atoms with van der Waals surface area (Å²) < 4.78 is 4.91. The van der Waals surface area contributed by atoms with E-state index >= 15 is 0 Å². The molecule has 0 radical (unpaired) electrons. The molecule has 0 saturated carbocycles. The minimum Gasteiger partial charge on any atom is -0.466 e. The van der Waals surface area contributed by atoms with Crippen LogP contribution in [0, 0.1) is 6.92 Å². The maximum Gasteiger partial charge on any atom is 0.308 e. The summed E-state index contributed by atoms with van der Waals surface area (Å²) in [7, 11) is 0. The van der Waals surface area contributed by atoms with Crippen molar-refractivity contribution in [3.63, 3.8) is 0 Å². The highest BCUT2D eigenvalue weighted by Crippen LogP contribution is 2.12. The molecule has 2 rings (SSSR count). The quantitative estimate of drug-likeness (QED) is 0.607. The lowest BCUT2D eigenvalue weighted by atomic mass is 10.1. The molecular weight excluding hydrogens is 342 g/mol. The second kappa shape index (κ2) is 8.57. The molecule has 1 fully saturated rings. The van der Waals surface area contributed by atoms with Gasteiger partial charge in [-0.2, -0.15) is 0 Å². The molecule has 25 heavy (non-hydrogen) atoms. The van der Waals surface area contributed by atoms with E-state index in [1.165, 1.54) is 0 Å². The average molecular weight is 363 g/mol. The molecular formula is C17H21N3O4S. The Balaban J connectivity index is 2.09. The summed E-state index contributed by atoms with van der Waals surface area (Å²) in [6.07, 6.45) is -0.125. The van der Waals surface area contributed by atoms with Crippen LogP contribution in [0.4, 0.5) is 0 Å². The maximum absolute atomic E-state index is 12.4. The predicted octanol–water partition coefficient (Wildman–Crippen LogP) is 0.763. The lowest BCUT2D eigenvalue weighted by Gasteiger charge is -2.36. The van der Waals surface area contributed by atoms with Gasteiger partial charge in [-0.3, -0.25) is 19.7 Å². The van der Waals surface area contributed by atoms with Crippen LogP contribution in [-0.4, -0.2) is 53.5 Å². The Labute approximate surface area is 151 Å². The van der Waals surface area contributed by atoms with Crippen LogP contribution in [0.3, 0.4) is 0 Å². The van der Waals surface area contributed by atoms with Gasteiger partial charge in [0.1, 0.15) is 6.04 Å². The molecule has 0 aliphatic carbocycles. The first-order valence-corrected chi connectivity index (χ1v) is 8.45. The molecule has 1 aliphatic heterocycles. The number of piperazine rings is 1. The molecule has 1 saturated heterocycles. The van der Waals surface area contributed by atoms with Crippen LogP contribution in [0.1, 0.15) is 29.3 Å². The monoisotopic (exact) mass is 363 g/mol. The van der Waals surface area contributed by atoms with Gasteiger partial charge < -0.3 is 15.0 Å². The van der Waals surface area contributed by atoms with Gasteiger partial charge in [-0.25, -0.2) is 0 Å². The molecule has 0 spiro atoms. The van der Waals surface area contributed by atoms with Crippen molar-refractivity contribution in [3.05, 3.63) is 35.4 Å². The Morgan fingerprint density at radius 3 is 2.80 bits per heavy atom. The van der Waals surface area contributed by atoms with E-state index in [1.54, 1.807) is 24.0 Å². The van der Waals surface area contributed by atoms with Gasteiger partial charge in [0.15, 0.2) is 5.11 Å². The second-order valence-electron chi connectivity index (χ2n) is 5.58. The number of aryl methyl sites for hydroxylation is 1. The Morgan fingerprint density at radius 1 is 1.40 bits per heavy atom. The van der Waals surface area contributed by atoms with Crippen LogP contribution in [0.2, 0.25) is 0 Å². The minimum atomic E-state index is -0.794. The highest BCUT2D eigenvalue weighted by molar-refractivity contribution is 7.80. The second-order valence-corrected chi connectivity index (χ2v) is 5.97. The van der Waals surface area contributed by atoms with Crippen molar-refractivity contribution in [2.24, 2.45) is 0 Å². The molecule has 1 heterocycles. The zero-order chi connectivity index (χ0) is 18.4. The first kappa shape index (κ1) is 18.9. The molecule has 2 amide bonds. The van der Waals surface area contributed by atoms with Crippen molar-refractivity contribution in [2.45, 2.75) is 26.3 Å². The number of hydrogen-bond acceptors (Lipinski definition) is 5. The van der Waals surface area contributed by atoms with Crippen molar-refractivity contribution in [1.29, 1.82) is 0 Å². The third-order valence-corrected chi connectivity index (χ3v) is 4.20. The van der Waals surface area contributed by atoms with E-state index in [9.17, 15) is 14.4 Å². The van der Waals surface area contributed by atoms with Crippen LogP contribution < -0.4 is 10.6 Å². The fourth-order valence-corrected chi connectivity index (χ4v) is 2.91. The largest absolute Gasteiger partial charge is 0.466 e. The predicted molar refractivity (Wildman–Crippen MR) is 96.0 cm³/mol. The Morgan fingerprint density at radius 2 is 2.12 bits per heavy atom. The zero-order valence-corrected chi connectivity index (χ0v) is 15.0. The van der Waals surface area contributed by atoms with Gasteiger partial charge in [0.2, 0.25) is 5.91 Å². The van der Waals surface area contributed by atoms with Crippen molar-refractivity contribution in [2.75, 3.05) is 19.7 Å². The highest BCUT2D eigenvalue weighted by Gasteiger charge is 2.34. The van der Waals surface area contributed by atoms with Gasteiger partial charge in [-0.05, 0) is 37.7 Å². The number of rotatable bonds is 4. The molecule has 7 nitrogen and oxygen atoms in total. The number of nitrogens with zero attached hydrogens (tertiary/aromatic N) is 1. The van der Waals surface area contributed by atoms with Crippen LogP contribution in [0.5, 0.6) is 0 Å². The Bertz CT molecular complexity index is 692. The number of carbonyl (C=O) groups excluding carboxylic acids is 3. The van der Waals surface area contributed by atoms with Crippen LogP contribution in [-0.2, 0) is 14.3 Å². The number of carbonyl (C=O) groups is 3. The summed E-state index contributed by atoms with van der Waals surface area (Å²) in [5, 5.41) is 5.47. The summed E-state index contributed by atoms with van der Waals surface area (Å²) >= 11 is 5.30. The molecule has 8 heteroatoms. The fraction of sp³-hybridized carbons (Fsp3) is 0.412. The normalized spacial score (nSPS) is 16.8. The highest BCUT2D eigenvalue weighted by atomic mass is 32.1. The SMILES string of the molecule is CCOC(=O)CC1C(=O)NCCN1C(=S)NC(=O)c1ccccc1C. The van der Waals surface area contributed by atoms with Gasteiger partial charge in [-0.1, -0.05) is 18.2 Å². The molecule has 0 aromatic heterocycles. The molecule has 2 N–H and O–H groups in total. The number of hydrogen-bond donors (Lipinski definition) is 2. The lowest BCUT2D eigenvalue weighted by Crippen LogP contribution is -2.60. The lowest BCUT2D eigenvalue weighted by molar-refractivity contribution is -0.147. The third-order valence-electron chi connectivity index (χ3n) is 3.87. The maximum atomic E-state index is 12.4. The molecule has 1 unspecified atom stereocenters. The summed E-state index contributed by atoms with van der Waals surface area (Å²) in [5.41, 5.74) is 1.33. The average Bonchev–Trinajstić information content (AvgIpc) is 2.57. The number of benzene rings is 1. The summed E-state index contributed by atoms with van der Waals surface area (Å²) in [4.78, 5) is 37.9. The number of nitrogens with one attached hydrogen (secondary N) is 2. The van der Waals surface area contributed by atoms with Crippen LogP contribution in [0.15, 0.2) is 24.3 Å². The van der Waals surface area contributed by atoms with Gasteiger partial charge in [-0.15, -0.1) is 0 Å². The van der Waals surface area contributed by atoms with E-state index in [1.807, 2.05) is 19.1 Å². The molecule has 1 aromatic rings. The molecule has 1 aliphatic rings. The van der Waals surface area contributed by atoms with Gasteiger partial charge >= 0.3 is 5.97 Å². The summed E-state index contributed by atoms with van der Waals surface area (Å²) in [6, 6.07) is 6.34. The van der Waals surface area contributed by atoms with E-state index in [4.69, 9.17) is 17.0 Å². The molecule has 134 valence electrons. The van der Waals surface area contributed by atoms with E-state index in [2.05, 4.69) is 10.6 Å². The van der Waals surface area contributed by atoms with Gasteiger partial charge in [0.25, 0.3) is 5.91 Å².